The van der Waals surface area contributed by atoms with Gasteiger partial charge in [0.05, 0.1) is 12.5 Å². The molecule has 0 N–H and O–H groups in total. The molecule has 6 nitrogen and oxygen atoms in total. The van der Waals surface area contributed by atoms with Crippen molar-refractivity contribution in [2.45, 2.75) is 20.8 Å². The maximum atomic E-state index is 12.1. The fourth-order valence-corrected chi connectivity index (χ4v) is 2.87. The van der Waals surface area contributed by atoms with Crippen molar-refractivity contribution in [2.75, 3.05) is 19.8 Å². The third kappa shape index (κ3) is 2.71. The third-order valence-electron chi connectivity index (χ3n) is 4.31. The number of ether oxygens (including phenoxy) is 1. The lowest BCUT2D eigenvalue weighted by atomic mass is 10.1. The molecule has 1 heterocycles. The van der Waals surface area contributed by atoms with Crippen molar-refractivity contribution in [3.8, 4) is 12.3 Å². The monoisotopic (exact) mass is 304 g/mol. The van der Waals surface area contributed by atoms with E-state index in [0.717, 1.165) is 4.90 Å². The second-order valence-corrected chi connectivity index (χ2v) is 6.11. The highest BCUT2D eigenvalue weighted by molar-refractivity contribution is 6.02. The summed E-state index contributed by atoms with van der Waals surface area (Å²) in [5, 5.41) is 0. The number of imide groups is 1. The van der Waals surface area contributed by atoms with Crippen LogP contribution in [0.1, 0.15) is 20.8 Å². The molecule has 0 aromatic carbocycles. The number of esters is 1. The number of hydrogen-bond acceptors (Lipinski definition) is 4. The molecule has 0 aromatic rings. The van der Waals surface area contributed by atoms with E-state index in [4.69, 9.17) is 11.2 Å². The predicted molar refractivity (Wildman–Crippen MR) is 79.2 cm³/mol. The van der Waals surface area contributed by atoms with E-state index < -0.39 is 11.9 Å². The molecule has 1 saturated carbocycles. The average Bonchev–Trinajstić information content (AvgIpc) is 2.88. The molecule has 0 radical (unpaired) electrons. The molecule has 3 amide bonds. The van der Waals surface area contributed by atoms with Crippen LogP contribution in [0.5, 0.6) is 0 Å². The highest BCUT2D eigenvalue weighted by atomic mass is 16.5. The molecule has 6 heteroatoms. The van der Waals surface area contributed by atoms with Gasteiger partial charge in [-0.25, -0.2) is 9.69 Å². The standard InChI is InChI=1S/C16H20N2O4/c1-5-7-11-13(16(11,3)4)14(20)22-10-18-12(19)9-17(8-6-2)15(18)21/h2,5,7,11,13H,8-10H2,1,3-4H3/b7-5-/t11-,13-/m0/s1. The maximum absolute atomic E-state index is 12.1. The number of allylic oxidation sites excluding steroid dienone is 2. The van der Waals surface area contributed by atoms with E-state index in [1.54, 1.807) is 0 Å². The van der Waals surface area contributed by atoms with E-state index in [2.05, 4.69) is 5.92 Å². The van der Waals surface area contributed by atoms with Crippen molar-refractivity contribution in [3.05, 3.63) is 12.2 Å². The number of amides is 3. The molecule has 2 atom stereocenters. The first-order valence-corrected chi connectivity index (χ1v) is 7.16. The van der Waals surface area contributed by atoms with Gasteiger partial charge in [0, 0.05) is 0 Å². The Labute approximate surface area is 130 Å². The molecule has 2 fully saturated rings. The molecule has 0 aromatic heterocycles. The van der Waals surface area contributed by atoms with Crippen molar-refractivity contribution >= 4 is 17.9 Å². The highest BCUT2D eigenvalue weighted by Crippen LogP contribution is 2.59. The molecule has 1 aliphatic carbocycles. The van der Waals surface area contributed by atoms with Crippen LogP contribution in [0.4, 0.5) is 4.79 Å². The summed E-state index contributed by atoms with van der Waals surface area (Å²) in [6.07, 6.45) is 9.03. The Morgan fingerprint density at radius 2 is 2.18 bits per heavy atom. The first kappa shape index (κ1) is 16.1. The summed E-state index contributed by atoms with van der Waals surface area (Å²) >= 11 is 0. The van der Waals surface area contributed by atoms with Gasteiger partial charge in [-0.15, -0.1) is 6.42 Å². The molecular formula is C16H20N2O4. The van der Waals surface area contributed by atoms with Gasteiger partial charge >= 0.3 is 12.0 Å². The minimum Gasteiger partial charge on any atom is -0.443 e. The van der Waals surface area contributed by atoms with Crippen LogP contribution >= 0.6 is 0 Å². The van der Waals surface area contributed by atoms with Gasteiger partial charge in [-0.05, 0) is 18.3 Å². The van der Waals surface area contributed by atoms with Crippen LogP contribution in [-0.2, 0) is 14.3 Å². The number of nitrogens with zero attached hydrogens (tertiary/aromatic N) is 2. The van der Waals surface area contributed by atoms with Gasteiger partial charge in [0.2, 0.25) is 0 Å². The Balaban J connectivity index is 1.91. The predicted octanol–water partition coefficient (Wildman–Crippen LogP) is 1.23. The van der Waals surface area contributed by atoms with Gasteiger partial charge < -0.3 is 9.64 Å². The summed E-state index contributed by atoms with van der Waals surface area (Å²) in [5.41, 5.74) is -0.155. The fraction of sp³-hybridized carbons (Fsp3) is 0.562. The number of terminal acetylenes is 1. The highest BCUT2D eigenvalue weighted by Gasteiger charge is 2.61. The smallest absolute Gasteiger partial charge is 0.330 e. The van der Waals surface area contributed by atoms with Gasteiger partial charge in [0.25, 0.3) is 5.91 Å². The molecule has 0 unspecified atom stereocenters. The van der Waals surface area contributed by atoms with Gasteiger partial charge in [0.1, 0.15) is 6.54 Å². The lowest BCUT2D eigenvalue weighted by molar-refractivity contribution is -0.151. The first-order valence-electron chi connectivity index (χ1n) is 7.16. The van der Waals surface area contributed by atoms with Crippen molar-refractivity contribution in [1.29, 1.82) is 0 Å². The minimum absolute atomic E-state index is 0.0635. The zero-order valence-corrected chi connectivity index (χ0v) is 13.0. The van der Waals surface area contributed by atoms with E-state index in [1.165, 1.54) is 4.90 Å². The van der Waals surface area contributed by atoms with Crippen LogP contribution in [0, 0.1) is 29.6 Å². The van der Waals surface area contributed by atoms with E-state index in [0.29, 0.717) is 0 Å². The number of rotatable bonds is 5. The van der Waals surface area contributed by atoms with E-state index >= 15 is 0 Å². The lowest BCUT2D eigenvalue weighted by Gasteiger charge is -2.15. The Morgan fingerprint density at radius 3 is 2.77 bits per heavy atom. The summed E-state index contributed by atoms with van der Waals surface area (Å²) in [5.74, 6) is 1.42. The summed E-state index contributed by atoms with van der Waals surface area (Å²) in [7, 11) is 0. The third-order valence-corrected chi connectivity index (χ3v) is 4.31. The number of hydrogen-bond donors (Lipinski definition) is 0. The van der Waals surface area contributed by atoms with Crippen LogP contribution in [-0.4, -0.2) is 47.5 Å². The second-order valence-electron chi connectivity index (χ2n) is 6.11. The summed E-state index contributed by atoms with van der Waals surface area (Å²) in [6, 6.07) is -0.518. The second kappa shape index (κ2) is 5.84. The molecule has 0 spiro atoms. The summed E-state index contributed by atoms with van der Waals surface area (Å²) in [6.45, 7) is 5.52. The molecule has 0 bridgehead atoms. The minimum atomic E-state index is -0.518. The van der Waals surface area contributed by atoms with Gasteiger partial charge in [-0.3, -0.25) is 9.59 Å². The zero-order chi connectivity index (χ0) is 16.5. The SMILES string of the molecule is C#CCN1CC(=O)N(COC(=O)[C@@H]2[C@H](/C=C\C)C2(C)C)C1=O. The van der Waals surface area contributed by atoms with Crippen LogP contribution in [0.25, 0.3) is 0 Å². The van der Waals surface area contributed by atoms with Crippen molar-refractivity contribution < 1.29 is 19.1 Å². The van der Waals surface area contributed by atoms with E-state index in [-0.39, 0.29) is 43.0 Å². The van der Waals surface area contributed by atoms with Crippen LogP contribution in [0.3, 0.4) is 0 Å². The van der Waals surface area contributed by atoms with E-state index in [9.17, 15) is 14.4 Å². The molecule has 2 rings (SSSR count). The molecule has 1 aliphatic heterocycles. The zero-order valence-electron chi connectivity index (χ0n) is 13.0. The van der Waals surface area contributed by atoms with E-state index in [1.807, 2.05) is 32.9 Å². The molecule has 2 aliphatic rings. The average molecular weight is 304 g/mol. The number of carbonyl (C=O) groups excluding carboxylic acids is 3. The lowest BCUT2D eigenvalue weighted by Crippen LogP contribution is -2.36. The fourth-order valence-electron chi connectivity index (χ4n) is 2.87. The van der Waals surface area contributed by atoms with Crippen molar-refractivity contribution in [1.82, 2.24) is 9.80 Å². The number of carbonyl (C=O) groups is 3. The van der Waals surface area contributed by atoms with Crippen molar-refractivity contribution in [2.24, 2.45) is 17.3 Å². The summed E-state index contributed by atoms with van der Waals surface area (Å²) < 4.78 is 5.16. The molecule has 1 saturated heterocycles. The van der Waals surface area contributed by atoms with Gasteiger partial charge in [-0.1, -0.05) is 31.9 Å². The maximum Gasteiger partial charge on any atom is 0.330 e. The van der Waals surface area contributed by atoms with Crippen LogP contribution in [0.2, 0.25) is 0 Å². The molecule has 22 heavy (non-hydrogen) atoms. The molecular weight excluding hydrogens is 284 g/mol. The van der Waals surface area contributed by atoms with Crippen LogP contribution < -0.4 is 0 Å². The Bertz CT molecular complexity index is 573. The van der Waals surface area contributed by atoms with Gasteiger partial charge in [0.15, 0.2) is 6.73 Å². The normalized spacial score (nSPS) is 26.5. The topological polar surface area (TPSA) is 66.9 Å². The Kier molecular flexibility index (Phi) is 4.27. The Morgan fingerprint density at radius 1 is 1.50 bits per heavy atom. The Hall–Kier alpha value is -2.29. The van der Waals surface area contributed by atoms with Crippen molar-refractivity contribution in [3.63, 3.8) is 0 Å². The molecule has 118 valence electrons. The van der Waals surface area contributed by atoms with Gasteiger partial charge in [-0.2, -0.15) is 0 Å². The van der Waals surface area contributed by atoms with Crippen LogP contribution in [0.15, 0.2) is 12.2 Å². The number of urea groups is 1. The largest absolute Gasteiger partial charge is 0.443 e. The first-order chi connectivity index (χ1) is 10.3. The summed E-state index contributed by atoms with van der Waals surface area (Å²) in [4.78, 5) is 38.0. The quantitative estimate of drug-likeness (QED) is 0.332.